The molecule has 1 amide bonds. The van der Waals surface area contributed by atoms with Gasteiger partial charge in [-0.05, 0) is 78.1 Å². The van der Waals surface area contributed by atoms with Gasteiger partial charge in [0.1, 0.15) is 5.52 Å². The molecule has 1 N–H and O–H groups in total. The van der Waals surface area contributed by atoms with Crippen LogP contribution in [0.25, 0.3) is 11.2 Å². The van der Waals surface area contributed by atoms with Crippen molar-refractivity contribution in [2.75, 3.05) is 6.54 Å². The van der Waals surface area contributed by atoms with Gasteiger partial charge in [0.25, 0.3) is 5.91 Å². The normalized spacial score (nSPS) is 18.2. The van der Waals surface area contributed by atoms with Gasteiger partial charge in [-0.3, -0.25) is 9.59 Å². The van der Waals surface area contributed by atoms with Gasteiger partial charge in [0, 0.05) is 37.3 Å². The predicted molar refractivity (Wildman–Crippen MR) is 152 cm³/mol. The Balaban J connectivity index is 1.39. The molecule has 40 heavy (non-hydrogen) atoms. The molecule has 0 saturated heterocycles. The minimum Gasteiger partial charge on any atom is -0.481 e. The lowest BCUT2D eigenvalue weighted by Crippen LogP contribution is -2.36. The SMILES string of the molecule is Cc1c2cnc3c1nnn3CCCCCCCc1ccc(cc1)C(=O)N1CCc3ccc(cc3C1)[C@@H]2CC(=O)O. The number of carboxylic acids is 1. The molecule has 5 aliphatic heterocycles. The minimum absolute atomic E-state index is 0.0386. The summed E-state index contributed by atoms with van der Waals surface area (Å²) in [4.78, 5) is 32.1. The number of benzene rings is 2. The van der Waals surface area contributed by atoms with Crippen LogP contribution in [0.3, 0.4) is 0 Å². The van der Waals surface area contributed by atoms with Gasteiger partial charge in [-0.2, -0.15) is 0 Å². The van der Waals surface area contributed by atoms with E-state index in [-0.39, 0.29) is 18.2 Å². The quantitative estimate of drug-likeness (QED) is 0.365. The average molecular weight is 538 g/mol. The lowest BCUT2D eigenvalue weighted by atomic mass is 9.84. The number of hydrogen-bond acceptors (Lipinski definition) is 5. The number of carbonyl (C=O) groups is 2. The highest BCUT2D eigenvalue weighted by atomic mass is 16.4. The summed E-state index contributed by atoms with van der Waals surface area (Å²) in [5, 5.41) is 18.7. The maximum atomic E-state index is 13.4. The number of aliphatic carboxylic acids is 1. The molecule has 2 aromatic carbocycles. The van der Waals surface area contributed by atoms with E-state index in [0.29, 0.717) is 18.7 Å². The number of aromatic nitrogens is 4. The van der Waals surface area contributed by atoms with Gasteiger partial charge in [-0.25, -0.2) is 9.67 Å². The molecule has 0 spiro atoms. The van der Waals surface area contributed by atoms with Gasteiger partial charge in [0.05, 0.1) is 6.42 Å². The van der Waals surface area contributed by atoms with Crippen molar-refractivity contribution in [2.24, 2.45) is 0 Å². The molecule has 0 fully saturated rings. The van der Waals surface area contributed by atoms with E-state index in [0.717, 1.165) is 78.5 Å². The van der Waals surface area contributed by atoms with Crippen molar-refractivity contribution >= 4 is 23.0 Å². The van der Waals surface area contributed by atoms with Crippen LogP contribution in [-0.2, 0) is 30.7 Å². The fraction of sp³-hybridized carbons (Fsp3) is 0.406. The molecule has 4 aromatic rings. The lowest BCUT2D eigenvalue weighted by Gasteiger charge is -2.30. The zero-order chi connectivity index (χ0) is 27.6. The highest BCUT2D eigenvalue weighted by molar-refractivity contribution is 5.94. The van der Waals surface area contributed by atoms with Crippen molar-refractivity contribution in [3.05, 3.63) is 87.6 Å². The van der Waals surface area contributed by atoms with Crippen LogP contribution < -0.4 is 0 Å². The fourth-order valence-electron chi connectivity index (χ4n) is 6.21. The zero-order valence-electron chi connectivity index (χ0n) is 23.0. The van der Waals surface area contributed by atoms with Gasteiger partial charge in [0.15, 0.2) is 5.65 Å². The van der Waals surface area contributed by atoms with Crippen molar-refractivity contribution < 1.29 is 14.7 Å². The second-order valence-corrected chi connectivity index (χ2v) is 11.2. The Morgan fingerprint density at radius 2 is 1.77 bits per heavy atom. The highest BCUT2D eigenvalue weighted by Gasteiger charge is 2.26. The third-order valence-corrected chi connectivity index (χ3v) is 8.55. The molecule has 0 radical (unpaired) electrons. The highest BCUT2D eigenvalue weighted by Crippen LogP contribution is 2.34. The number of hydrogen-bond donors (Lipinski definition) is 1. The minimum atomic E-state index is -0.872. The zero-order valence-corrected chi connectivity index (χ0v) is 23.0. The summed E-state index contributed by atoms with van der Waals surface area (Å²) in [6.45, 7) is 3.92. The molecule has 5 aliphatic rings. The molecule has 9 rings (SSSR count). The van der Waals surface area contributed by atoms with Gasteiger partial charge in [-0.15, -0.1) is 5.10 Å². The Morgan fingerprint density at radius 3 is 2.60 bits per heavy atom. The molecule has 0 unspecified atom stereocenters. The largest absolute Gasteiger partial charge is 0.481 e. The van der Waals surface area contributed by atoms with Crippen molar-refractivity contribution in [1.82, 2.24) is 24.9 Å². The number of nitrogens with zero attached hydrogens (tertiary/aromatic N) is 5. The molecule has 0 saturated carbocycles. The van der Waals surface area contributed by atoms with E-state index < -0.39 is 5.97 Å². The van der Waals surface area contributed by atoms with Gasteiger partial charge >= 0.3 is 5.97 Å². The lowest BCUT2D eigenvalue weighted by molar-refractivity contribution is -0.137. The first-order chi connectivity index (χ1) is 19.5. The summed E-state index contributed by atoms with van der Waals surface area (Å²) in [6, 6.07) is 14.3. The fourth-order valence-corrected chi connectivity index (χ4v) is 6.21. The maximum Gasteiger partial charge on any atom is 0.304 e. The van der Waals surface area contributed by atoms with Crippen molar-refractivity contribution in [3.8, 4) is 0 Å². The second-order valence-electron chi connectivity index (χ2n) is 11.2. The Bertz CT molecular complexity index is 1560. The summed E-state index contributed by atoms with van der Waals surface area (Å²) >= 11 is 0. The standard InChI is InChI=1S/C32H35N5O3/c1-21-28-19-33-31-30(21)34-35-37(31)15-6-4-2-3-5-7-22-8-10-24(11-9-22)32(40)36-16-14-23-12-13-25(17-26(23)20-36)27(28)18-29(38)39/h8-13,17,19,27H,2-7,14-16,18,20H2,1H3,(H,38,39)/t27-/m0/s1. The average Bonchev–Trinajstić information content (AvgIpc) is 3.38. The van der Waals surface area contributed by atoms with E-state index in [4.69, 9.17) is 4.98 Å². The van der Waals surface area contributed by atoms with E-state index in [1.165, 1.54) is 17.5 Å². The van der Waals surface area contributed by atoms with E-state index >= 15 is 0 Å². The van der Waals surface area contributed by atoms with Crippen LogP contribution >= 0.6 is 0 Å². The Labute approximate surface area is 234 Å². The van der Waals surface area contributed by atoms with Gasteiger partial charge in [0.2, 0.25) is 0 Å². The smallest absolute Gasteiger partial charge is 0.304 e. The van der Waals surface area contributed by atoms with Crippen LogP contribution in [-0.4, -0.2) is 48.4 Å². The second kappa shape index (κ2) is 11.2. The summed E-state index contributed by atoms with van der Waals surface area (Å²) in [5.74, 6) is -1.22. The first kappa shape index (κ1) is 26.2. The number of pyridine rings is 1. The van der Waals surface area contributed by atoms with Gasteiger partial charge < -0.3 is 10.0 Å². The van der Waals surface area contributed by atoms with Crippen LogP contribution in [0.5, 0.6) is 0 Å². The molecule has 7 heterocycles. The van der Waals surface area contributed by atoms with Crippen LogP contribution in [0.15, 0.2) is 48.7 Å². The molecular formula is C32H35N5O3. The molecular weight excluding hydrogens is 502 g/mol. The molecule has 1 atom stereocenters. The van der Waals surface area contributed by atoms with Crippen LogP contribution in [0, 0.1) is 6.92 Å². The third kappa shape index (κ3) is 5.22. The summed E-state index contributed by atoms with van der Waals surface area (Å²) in [6.07, 6.45) is 9.11. The summed E-state index contributed by atoms with van der Waals surface area (Å²) in [5.41, 5.74) is 8.41. The Kier molecular flexibility index (Phi) is 7.32. The number of amides is 1. The predicted octanol–water partition coefficient (Wildman–Crippen LogP) is 5.45. The van der Waals surface area contributed by atoms with Crippen LogP contribution in [0.4, 0.5) is 0 Å². The summed E-state index contributed by atoms with van der Waals surface area (Å²) < 4.78 is 1.87. The van der Waals surface area contributed by atoms with Crippen molar-refractivity contribution in [3.63, 3.8) is 0 Å². The molecule has 2 aromatic heterocycles. The number of aryl methyl sites for hydroxylation is 3. The van der Waals surface area contributed by atoms with E-state index in [1.807, 2.05) is 34.7 Å². The molecule has 8 heteroatoms. The maximum absolute atomic E-state index is 13.4. The van der Waals surface area contributed by atoms with Crippen LogP contribution in [0.1, 0.15) is 88.2 Å². The number of carbonyl (C=O) groups excluding carboxylic acids is 1. The molecule has 206 valence electrons. The number of carboxylic acid groups (broad SMARTS) is 1. The molecule has 8 nitrogen and oxygen atoms in total. The van der Waals surface area contributed by atoms with E-state index in [1.54, 1.807) is 6.20 Å². The van der Waals surface area contributed by atoms with Crippen molar-refractivity contribution in [1.29, 1.82) is 0 Å². The monoisotopic (exact) mass is 537 g/mol. The molecule has 0 aliphatic carbocycles. The third-order valence-electron chi connectivity index (χ3n) is 8.55. The first-order valence-corrected chi connectivity index (χ1v) is 14.4. The van der Waals surface area contributed by atoms with E-state index in [9.17, 15) is 14.7 Å². The topological polar surface area (TPSA) is 101 Å². The van der Waals surface area contributed by atoms with E-state index in [2.05, 4.69) is 34.6 Å². The molecule has 9 bridgehead atoms. The van der Waals surface area contributed by atoms with Crippen LogP contribution in [0.2, 0.25) is 0 Å². The van der Waals surface area contributed by atoms with Gasteiger partial charge in [-0.1, -0.05) is 54.8 Å². The Hall–Kier alpha value is -4.07. The Morgan fingerprint density at radius 1 is 0.975 bits per heavy atom. The number of rotatable bonds is 2. The summed E-state index contributed by atoms with van der Waals surface area (Å²) in [7, 11) is 0. The van der Waals surface area contributed by atoms with Crippen molar-refractivity contribution in [2.45, 2.75) is 77.3 Å². The first-order valence-electron chi connectivity index (χ1n) is 14.4.